The Morgan fingerprint density at radius 3 is 1.21 bits per heavy atom. The Bertz CT molecular complexity index is 2830. The molecule has 0 unspecified atom stereocenters. The number of rotatable bonds is 5. The number of ether oxygens (including phenoxy) is 1. The van der Waals surface area contributed by atoms with E-state index in [1.807, 2.05) is 85.2 Å². The number of hydrogen-bond acceptors (Lipinski definition) is 5. The fourth-order valence-electron chi connectivity index (χ4n) is 8.57. The minimum absolute atomic E-state index is 0.541. The zero-order chi connectivity index (χ0) is 37.1. The van der Waals surface area contributed by atoms with Crippen LogP contribution in [0.3, 0.4) is 0 Å². The summed E-state index contributed by atoms with van der Waals surface area (Å²) in [4.78, 5) is 19.0. The molecule has 0 fully saturated rings. The van der Waals surface area contributed by atoms with Gasteiger partial charge < -0.3 is 4.74 Å². The van der Waals surface area contributed by atoms with Gasteiger partial charge in [-0.2, -0.15) is 0 Å². The molecule has 3 heterocycles. The molecule has 0 bridgehead atoms. The van der Waals surface area contributed by atoms with Crippen LogP contribution in [0.1, 0.15) is 22.3 Å². The average Bonchev–Trinajstić information content (AvgIpc) is 3.57. The van der Waals surface area contributed by atoms with Crippen molar-refractivity contribution < 1.29 is 4.74 Å². The molecular formula is C51H32N4O. The molecule has 0 radical (unpaired) electrons. The number of nitrogens with zero attached hydrogens (tertiary/aromatic N) is 4. The van der Waals surface area contributed by atoms with Gasteiger partial charge in [-0.3, -0.25) is 4.98 Å². The topological polar surface area (TPSA) is 60.8 Å². The molecule has 2 aliphatic rings. The molecule has 2 aromatic heterocycles. The molecule has 1 aliphatic heterocycles. The van der Waals surface area contributed by atoms with Crippen molar-refractivity contribution in [1.82, 2.24) is 19.9 Å². The van der Waals surface area contributed by atoms with Gasteiger partial charge in [-0.15, -0.1) is 0 Å². The maximum absolute atomic E-state index is 6.98. The Kier molecular flexibility index (Phi) is 7.32. The highest BCUT2D eigenvalue weighted by Crippen LogP contribution is 2.62. The fourth-order valence-corrected chi connectivity index (χ4v) is 8.57. The van der Waals surface area contributed by atoms with E-state index in [1.165, 1.54) is 22.3 Å². The summed E-state index contributed by atoms with van der Waals surface area (Å²) in [6.45, 7) is 0. The molecule has 9 aromatic rings. The van der Waals surface area contributed by atoms with Crippen LogP contribution in [0.5, 0.6) is 11.5 Å². The van der Waals surface area contributed by atoms with Crippen molar-refractivity contribution in [2.24, 2.45) is 0 Å². The van der Waals surface area contributed by atoms with Crippen LogP contribution in [0.15, 0.2) is 194 Å². The van der Waals surface area contributed by atoms with E-state index >= 15 is 0 Å². The molecule has 0 amide bonds. The molecule has 5 nitrogen and oxygen atoms in total. The predicted octanol–water partition coefficient (Wildman–Crippen LogP) is 12.1. The van der Waals surface area contributed by atoms with Gasteiger partial charge in [0.05, 0.1) is 5.41 Å². The molecule has 7 aromatic carbocycles. The SMILES string of the molecule is c1ccc(-c2nc(-c3ccccc3)nc(-c3ccc(-c4ccc5c(c4)Oc4cc(-c6ccncc6)ccc4C54c5ccccc5-c5ccccc54)cc3)n2)cc1. The first kappa shape index (κ1) is 32.0. The Labute approximate surface area is 324 Å². The smallest absolute Gasteiger partial charge is 0.164 e. The zero-order valence-electron chi connectivity index (χ0n) is 30.2. The largest absolute Gasteiger partial charge is 0.457 e. The molecule has 0 saturated heterocycles. The van der Waals surface area contributed by atoms with Gasteiger partial charge in [0.1, 0.15) is 11.5 Å². The van der Waals surface area contributed by atoms with Crippen molar-refractivity contribution in [3.8, 4) is 79.0 Å². The van der Waals surface area contributed by atoms with E-state index in [2.05, 4.69) is 114 Å². The lowest BCUT2D eigenvalue weighted by molar-refractivity contribution is 0.437. The highest BCUT2D eigenvalue weighted by molar-refractivity contribution is 5.89. The van der Waals surface area contributed by atoms with Crippen LogP contribution < -0.4 is 4.74 Å². The summed E-state index contributed by atoms with van der Waals surface area (Å²) < 4.78 is 6.98. The van der Waals surface area contributed by atoms with Crippen molar-refractivity contribution in [1.29, 1.82) is 0 Å². The summed E-state index contributed by atoms with van der Waals surface area (Å²) >= 11 is 0. The molecule has 1 aliphatic carbocycles. The molecular weight excluding hydrogens is 685 g/mol. The van der Waals surface area contributed by atoms with Crippen molar-refractivity contribution in [3.05, 3.63) is 217 Å². The second-order valence-electron chi connectivity index (χ2n) is 14.2. The van der Waals surface area contributed by atoms with E-state index in [-0.39, 0.29) is 0 Å². The lowest BCUT2D eigenvalue weighted by atomic mass is 9.65. The van der Waals surface area contributed by atoms with Gasteiger partial charge in [0.2, 0.25) is 0 Å². The molecule has 0 N–H and O–H groups in total. The normalized spacial score (nSPS) is 12.9. The second-order valence-corrected chi connectivity index (χ2v) is 14.2. The van der Waals surface area contributed by atoms with Crippen LogP contribution >= 0.6 is 0 Å². The van der Waals surface area contributed by atoms with Crippen molar-refractivity contribution in [3.63, 3.8) is 0 Å². The number of aromatic nitrogens is 4. The van der Waals surface area contributed by atoms with Gasteiger partial charge in [-0.25, -0.2) is 15.0 Å². The van der Waals surface area contributed by atoms with Crippen molar-refractivity contribution in [2.75, 3.05) is 0 Å². The fraction of sp³-hybridized carbons (Fsp3) is 0.0196. The molecule has 262 valence electrons. The van der Waals surface area contributed by atoms with E-state index in [4.69, 9.17) is 19.7 Å². The van der Waals surface area contributed by atoms with Crippen LogP contribution in [0.25, 0.3) is 67.5 Å². The maximum Gasteiger partial charge on any atom is 0.164 e. The third kappa shape index (κ3) is 5.02. The summed E-state index contributed by atoms with van der Waals surface area (Å²) in [7, 11) is 0. The molecule has 11 rings (SSSR count). The third-order valence-corrected chi connectivity index (χ3v) is 11.1. The Hall–Kier alpha value is -7.50. The van der Waals surface area contributed by atoms with E-state index in [0.717, 1.165) is 61.6 Å². The molecule has 1 spiro atoms. The van der Waals surface area contributed by atoms with Crippen molar-refractivity contribution >= 4 is 0 Å². The number of pyridine rings is 1. The quantitative estimate of drug-likeness (QED) is 0.177. The Morgan fingerprint density at radius 1 is 0.321 bits per heavy atom. The van der Waals surface area contributed by atoms with Crippen LogP contribution in [0.2, 0.25) is 0 Å². The van der Waals surface area contributed by atoms with Crippen LogP contribution in [-0.4, -0.2) is 19.9 Å². The lowest BCUT2D eigenvalue weighted by Crippen LogP contribution is -2.32. The first-order valence-electron chi connectivity index (χ1n) is 18.8. The summed E-state index contributed by atoms with van der Waals surface area (Å²) in [5, 5.41) is 0. The maximum atomic E-state index is 6.98. The first-order valence-corrected chi connectivity index (χ1v) is 18.8. The monoisotopic (exact) mass is 716 g/mol. The highest BCUT2D eigenvalue weighted by Gasteiger charge is 2.51. The van der Waals surface area contributed by atoms with Gasteiger partial charge >= 0.3 is 0 Å². The van der Waals surface area contributed by atoms with Crippen molar-refractivity contribution in [2.45, 2.75) is 5.41 Å². The summed E-state index contributed by atoms with van der Waals surface area (Å²) in [6.07, 6.45) is 3.66. The Morgan fingerprint density at radius 2 is 0.714 bits per heavy atom. The predicted molar refractivity (Wildman–Crippen MR) is 222 cm³/mol. The van der Waals surface area contributed by atoms with Gasteiger partial charge in [-0.1, -0.05) is 158 Å². The molecule has 56 heavy (non-hydrogen) atoms. The van der Waals surface area contributed by atoms with Crippen LogP contribution in [0, 0.1) is 0 Å². The standard InChI is InChI=1S/C51H32N4O/c1-3-11-35(12-4-1)48-53-49(36-13-5-2-6-14-36)55-50(54-48)37-21-19-33(20-22-37)38-23-25-44-46(31-38)56-47-32-39(34-27-29-52-30-28-34)24-26-45(47)51(44)42-17-9-7-15-40(42)41-16-8-10-18-43(41)51/h1-32H. The Balaban J connectivity index is 1.04. The third-order valence-electron chi connectivity index (χ3n) is 11.1. The van der Waals surface area contributed by atoms with Gasteiger partial charge in [0.15, 0.2) is 17.5 Å². The second kappa shape index (κ2) is 12.8. The van der Waals surface area contributed by atoms with Crippen LogP contribution in [0.4, 0.5) is 0 Å². The van der Waals surface area contributed by atoms with E-state index < -0.39 is 5.41 Å². The number of hydrogen-bond donors (Lipinski definition) is 0. The average molecular weight is 717 g/mol. The highest BCUT2D eigenvalue weighted by atomic mass is 16.5. The zero-order valence-corrected chi connectivity index (χ0v) is 30.2. The van der Waals surface area contributed by atoms with Gasteiger partial charge in [0.25, 0.3) is 0 Å². The lowest BCUT2D eigenvalue weighted by Gasteiger charge is -2.39. The van der Waals surface area contributed by atoms with Gasteiger partial charge in [0, 0.05) is 40.2 Å². The number of benzene rings is 7. The molecule has 5 heteroatoms. The number of fused-ring (bicyclic) bond motifs is 9. The van der Waals surface area contributed by atoms with Gasteiger partial charge in [-0.05, 0) is 68.8 Å². The minimum atomic E-state index is -0.541. The molecule has 0 atom stereocenters. The molecule has 0 saturated carbocycles. The summed E-state index contributed by atoms with van der Waals surface area (Å²) in [6, 6.07) is 63.6. The van der Waals surface area contributed by atoms with E-state index in [1.54, 1.807) is 0 Å². The summed E-state index contributed by atoms with van der Waals surface area (Å²) in [5.41, 5.74) is 13.9. The van der Waals surface area contributed by atoms with E-state index in [0.29, 0.717) is 17.5 Å². The first-order chi connectivity index (χ1) is 27.7. The van der Waals surface area contributed by atoms with E-state index in [9.17, 15) is 0 Å². The minimum Gasteiger partial charge on any atom is -0.457 e. The summed E-state index contributed by atoms with van der Waals surface area (Å²) in [5.74, 6) is 3.60. The van der Waals surface area contributed by atoms with Crippen LogP contribution in [-0.2, 0) is 5.41 Å².